The van der Waals surface area contributed by atoms with Crippen molar-refractivity contribution in [3.05, 3.63) is 57.7 Å². The minimum Gasteiger partial charge on any atom is -0.464 e. The Bertz CT molecular complexity index is 820. The van der Waals surface area contributed by atoms with Gasteiger partial charge in [0.1, 0.15) is 5.76 Å². The summed E-state index contributed by atoms with van der Waals surface area (Å²) in [5, 5.41) is 0. The molecule has 1 aliphatic carbocycles. The van der Waals surface area contributed by atoms with Crippen LogP contribution in [0, 0.1) is 20.8 Å². The van der Waals surface area contributed by atoms with Gasteiger partial charge in [-0.3, -0.25) is 0 Å². The summed E-state index contributed by atoms with van der Waals surface area (Å²) in [6.45, 7) is 6.41. The van der Waals surface area contributed by atoms with Crippen LogP contribution < -0.4 is 0 Å². The first-order valence-electron chi connectivity index (χ1n) is 6.91. The summed E-state index contributed by atoms with van der Waals surface area (Å²) >= 11 is 1.91. The molecule has 1 aromatic carbocycles. The van der Waals surface area contributed by atoms with Gasteiger partial charge in [-0.25, -0.2) is 0 Å². The molecule has 2 heteroatoms. The van der Waals surface area contributed by atoms with Crippen LogP contribution in [0.5, 0.6) is 0 Å². The fourth-order valence-electron chi connectivity index (χ4n) is 3.02. The van der Waals surface area contributed by atoms with Crippen LogP contribution in [0.1, 0.15) is 27.1 Å². The van der Waals surface area contributed by atoms with Crippen molar-refractivity contribution in [3.63, 3.8) is 0 Å². The predicted molar refractivity (Wildman–Crippen MR) is 84.5 cm³/mol. The standard InChI is InChI=1S/C18H16OS/c1-10-9-19-17(12(10)3)13-4-5-16-14(7-13)8-15-6-11(2)20-18(15)16/h4-7,9H,8H2,1-3H3. The van der Waals surface area contributed by atoms with Crippen molar-refractivity contribution < 1.29 is 4.42 Å². The van der Waals surface area contributed by atoms with Crippen LogP contribution in [0.4, 0.5) is 0 Å². The van der Waals surface area contributed by atoms with E-state index in [1.54, 1.807) is 0 Å². The van der Waals surface area contributed by atoms with E-state index < -0.39 is 0 Å². The Labute approximate surface area is 122 Å². The Morgan fingerprint density at radius 3 is 2.65 bits per heavy atom. The molecule has 1 aliphatic rings. The smallest absolute Gasteiger partial charge is 0.137 e. The Hall–Kier alpha value is -1.80. The van der Waals surface area contributed by atoms with Gasteiger partial charge in [0.05, 0.1) is 6.26 Å². The summed E-state index contributed by atoms with van der Waals surface area (Å²) in [4.78, 5) is 2.86. The lowest BCUT2D eigenvalue weighted by atomic mass is 10.0. The number of hydrogen-bond acceptors (Lipinski definition) is 2. The highest BCUT2D eigenvalue weighted by Crippen LogP contribution is 2.43. The molecular weight excluding hydrogens is 264 g/mol. The summed E-state index contributed by atoms with van der Waals surface area (Å²) in [7, 11) is 0. The molecule has 2 heterocycles. The van der Waals surface area contributed by atoms with Crippen LogP contribution in [-0.4, -0.2) is 0 Å². The molecule has 20 heavy (non-hydrogen) atoms. The zero-order chi connectivity index (χ0) is 13.9. The molecule has 100 valence electrons. The summed E-state index contributed by atoms with van der Waals surface area (Å²) in [5.74, 6) is 1.01. The van der Waals surface area contributed by atoms with Gasteiger partial charge < -0.3 is 4.42 Å². The van der Waals surface area contributed by atoms with Gasteiger partial charge in [0, 0.05) is 15.3 Å². The largest absolute Gasteiger partial charge is 0.464 e. The fourth-order valence-corrected chi connectivity index (χ4v) is 4.12. The van der Waals surface area contributed by atoms with E-state index in [0.29, 0.717) is 0 Å². The SMILES string of the molecule is Cc1cc2c(s1)-c1ccc(-c3occ(C)c3C)cc1C2. The Morgan fingerprint density at radius 2 is 1.90 bits per heavy atom. The van der Waals surface area contributed by atoms with Gasteiger partial charge in [-0.2, -0.15) is 0 Å². The molecule has 0 bridgehead atoms. The summed E-state index contributed by atoms with van der Waals surface area (Å²) in [6, 6.07) is 9.06. The van der Waals surface area contributed by atoms with Crippen LogP contribution in [0.25, 0.3) is 21.8 Å². The van der Waals surface area contributed by atoms with E-state index in [1.165, 1.54) is 43.1 Å². The maximum absolute atomic E-state index is 5.72. The third-order valence-corrected chi connectivity index (χ3v) is 5.34. The van der Waals surface area contributed by atoms with Gasteiger partial charge in [0.25, 0.3) is 0 Å². The first kappa shape index (κ1) is 12.0. The molecule has 1 nitrogen and oxygen atoms in total. The number of aryl methyl sites for hydroxylation is 2. The van der Waals surface area contributed by atoms with Gasteiger partial charge in [0.2, 0.25) is 0 Å². The second-order valence-electron chi connectivity index (χ2n) is 5.63. The second-order valence-corrected chi connectivity index (χ2v) is 6.89. The van der Waals surface area contributed by atoms with E-state index in [0.717, 1.165) is 12.2 Å². The molecule has 0 amide bonds. The topological polar surface area (TPSA) is 13.1 Å². The molecule has 0 spiro atoms. The highest BCUT2D eigenvalue weighted by molar-refractivity contribution is 7.15. The molecule has 0 fully saturated rings. The lowest BCUT2D eigenvalue weighted by Gasteiger charge is -2.04. The van der Waals surface area contributed by atoms with E-state index in [9.17, 15) is 0 Å². The van der Waals surface area contributed by atoms with E-state index in [2.05, 4.69) is 45.0 Å². The molecule has 4 rings (SSSR count). The van der Waals surface area contributed by atoms with Crippen LogP contribution in [0.15, 0.2) is 34.9 Å². The molecular formula is C18H16OS. The van der Waals surface area contributed by atoms with Crippen LogP contribution in [0.2, 0.25) is 0 Å². The van der Waals surface area contributed by atoms with E-state index >= 15 is 0 Å². The van der Waals surface area contributed by atoms with E-state index in [1.807, 2.05) is 17.6 Å². The highest BCUT2D eigenvalue weighted by atomic mass is 32.1. The monoisotopic (exact) mass is 280 g/mol. The average Bonchev–Trinajstić information content (AvgIpc) is 3.03. The molecule has 3 aromatic rings. The molecule has 0 radical (unpaired) electrons. The van der Waals surface area contributed by atoms with E-state index in [4.69, 9.17) is 4.42 Å². The van der Waals surface area contributed by atoms with Crippen molar-refractivity contribution in [1.29, 1.82) is 0 Å². The fraction of sp³-hybridized carbons (Fsp3) is 0.222. The molecule has 0 unspecified atom stereocenters. The van der Waals surface area contributed by atoms with Crippen LogP contribution in [0.3, 0.4) is 0 Å². The summed E-state index contributed by atoms with van der Waals surface area (Å²) in [5.41, 5.74) is 7.97. The molecule has 0 saturated heterocycles. The number of rotatable bonds is 1. The predicted octanol–water partition coefficient (Wildman–Crippen LogP) is 5.50. The number of hydrogen-bond donors (Lipinski definition) is 0. The average molecular weight is 280 g/mol. The van der Waals surface area contributed by atoms with Gasteiger partial charge >= 0.3 is 0 Å². The van der Waals surface area contributed by atoms with Crippen molar-refractivity contribution in [1.82, 2.24) is 0 Å². The quantitative estimate of drug-likeness (QED) is 0.448. The lowest BCUT2D eigenvalue weighted by Crippen LogP contribution is -1.84. The van der Waals surface area contributed by atoms with E-state index in [-0.39, 0.29) is 0 Å². The number of benzene rings is 1. The van der Waals surface area contributed by atoms with Gasteiger partial charge in [-0.05, 0) is 67.1 Å². The van der Waals surface area contributed by atoms with Gasteiger partial charge in [-0.1, -0.05) is 12.1 Å². The Kier molecular flexibility index (Phi) is 2.45. The highest BCUT2D eigenvalue weighted by Gasteiger charge is 2.22. The zero-order valence-electron chi connectivity index (χ0n) is 11.9. The third kappa shape index (κ3) is 1.61. The minimum atomic E-state index is 1.01. The maximum Gasteiger partial charge on any atom is 0.137 e. The summed E-state index contributed by atoms with van der Waals surface area (Å²) < 4.78 is 5.72. The van der Waals surface area contributed by atoms with Crippen LogP contribution >= 0.6 is 11.3 Å². The summed E-state index contributed by atoms with van der Waals surface area (Å²) in [6.07, 6.45) is 2.90. The van der Waals surface area contributed by atoms with Crippen molar-refractivity contribution in [3.8, 4) is 21.8 Å². The zero-order valence-corrected chi connectivity index (χ0v) is 12.7. The van der Waals surface area contributed by atoms with Gasteiger partial charge in [-0.15, -0.1) is 11.3 Å². The Balaban J connectivity index is 1.83. The van der Waals surface area contributed by atoms with Crippen LogP contribution in [-0.2, 0) is 6.42 Å². The molecule has 0 saturated carbocycles. The molecule has 0 N–H and O–H groups in total. The first-order valence-corrected chi connectivity index (χ1v) is 7.73. The number of thiophene rings is 1. The lowest BCUT2D eigenvalue weighted by molar-refractivity contribution is 0.579. The van der Waals surface area contributed by atoms with Crippen molar-refractivity contribution in [2.75, 3.05) is 0 Å². The molecule has 2 aromatic heterocycles. The molecule has 0 aliphatic heterocycles. The normalized spacial score (nSPS) is 12.6. The molecule has 0 atom stereocenters. The first-order chi connectivity index (χ1) is 9.63. The van der Waals surface area contributed by atoms with Crippen molar-refractivity contribution >= 4 is 11.3 Å². The van der Waals surface area contributed by atoms with Gasteiger partial charge in [0.15, 0.2) is 0 Å². The third-order valence-electron chi connectivity index (χ3n) is 4.21. The number of furan rings is 1. The van der Waals surface area contributed by atoms with Crippen molar-refractivity contribution in [2.45, 2.75) is 27.2 Å². The number of fused-ring (bicyclic) bond motifs is 3. The second kappa shape index (κ2) is 4.10. The maximum atomic E-state index is 5.72. The Morgan fingerprint density at radius 1 is 1.05 bits per heavy atom. The minimum absolute atomic E-state index is 1.01. The van der Waals surface area contributed by atoms with Crippen molar-refractivity contribution in [2.24, 2.45) is 0 Å².